The van der Waals surface area contributed by atoms with E-state index in [1.165, 1.54) is 25.1 Å². The third-order valence-corrected chi connectivity index (χ3v) is 3.53. The molecular weight excluding hydrogens is 301 g/mol. The molecule has 1 atom stereocenters. The highest BCUT2D eigenvalue weighted by Gasteiger charge is 2.38. The molecule has 0 saturated carbocycles. The molecule has 1 N–H and O–H groups in total. The normalized spacial score (nSPS) is 14.8. The molecule has 0 bridgehead atoms. The van der Waals surface area contributed by atoms with Crippen LogP contribution in [0.25, 0.3) is 0 Å². The van der Waals surface area contributed by atoms with E-state index in [1.54, 1.807) is 24.3 Å². The maximum absolute atomic E-state index is 13.0. The molecule has 0 radical (unpaired) electrons. The van der Waals surface area contributed by atoms with Gasteiger partial charge in [-0.05, 0) is 36.2 Å². The van der Waals surface area contributed by atoms with Gasteiger partial charge in [-0.1, -0.05) is 41.9 Å². The number of alkyl halides is 3. The van der Waals surface area contributed by atoms with E-state index < -0.39 is 17.3 Å². The lowest BCUT2D eigenvalue weighted by atomic mass is 9.86. The van der Waals surface area contributed by atoms with Gasteiger partial charge < -0.3 is 5.11 Å². The first-order valence-electron chi connectivity index (χ1n) is 6.34. The molecule has 112 valence electrons. The molecule has 0 aliphatic carbocycles. The maximum Gasteiger partial charge on any atom is 0.416 e. The van der Waals surface area contributed by atoms with Crippen molar-refractivity contribution >= 4 is 11.6 Å². The number of rotatable bonds is 3. The Bertz CT molecular complexity index is 618. The number of aliphatic hydroxyl groups is 1. The van der Waals surface area contributed by atoms with Gasteiger partial charge >= 0.3 is 6.18 Å². The smallest absolute Gasteiger partial charge is 0.385 e. The largest absolute Gasteiger partial charge is 0.416 e. The highest BCUT2D eigenvalue weighted by atomic mass is 35.5. The van der Waals surface area contributed by atoms with Crippen LogP contribution in [0.4, 0.5) is 13.2 Å². The topological polar surface area (TPSA) is 20.2 Å². The van der Waals surface area contributed by atoms with Crippen LogP contribution in [0, 0.1) is 0 Å². The van der Waals surface area contributed by atoms with E-state index in [0.29, 0.717) is 10.6 Å². The Labute approximate surface area is 126 Å². The fourth-order valence-corrected chi connectivity index (χ4v) is 2.42. The predicted molar refractivity (Wildman–Crippen MR) is 76.2 cm³/mol. The van der Waals surface area contributed by atoms with Crippen LogP contribution in [0.1, 0.15) is 23.6 Å². The Morgan fingerprint density at radius 1 is 0.952 bits per heavy atom. The molecule has 5 heteroatoms. The number of hydrogen-bond donors (Lipinski definition) is 1. The zero-order valence-corrected chi connectivity index (χ0v) is 12.0. The van der Waals surface area contributed by atoms with E-state index in [0.717, 1.165) is 6.07 Å². The lowest BCUT2D eigenvalue weighted by Crippen LogP contribution is -2.28. The van der Waals surface area contributed by atoms with Crippen molar-refractivity contribution in [3.8, 4) is 0 Å². The zero-order chi connectivity index (χ0) is 15.7. The van der Waals surface area contributed by atoms with Gasteiger partial charge in [0.25, 0.3) is 0 Å². The summed E-state index contributed by atoms with van der Waals surface area (Å²) >= 11 is 5.77. The van der Waals surface area contributed by atoms with Crippen molar-refractivity contribution in [3.05, 3.63) is 70.2 Å². The average Bonchev–Trinajstić information content (AvgIpc) is 2.40. The lowest BCUT2D eigenvalue weighted by molar-refractivity contribution is -0.140. The Hall–Kier alpha value is -1.52. The second-order valence-corrected chi connectivity index (χ2v) is 5.56. The first kappa shape index (κ1) is 15.9. The Kier molecular flexibility index (Phi) is 4.30. The summed E-state index contributed by atoms with van der Waals surface area (Å²) in [5.74, 6) is 0. The summed E-state index contributed by atoms with van der Waals surface area (Å²) in [7, 11) is 0. The summed E-state index contributed by atoms with van der Waals surface area (Å²) in [6.07, 6.45) is -4.43. The van der Waals surface area contributed by atoms with Crippen LogP contribution in [0.5, 0.6) is 0 Å². The SMILES string of the molecule is CC(O)(Cc1ccc(Cl)cc1)c1ccccc1C(F)(F)F. The molecule has 21 heavy (non-hydrogen) atoms. The summed E-state index contributed by atoms with van der Waals surface area (Å²) in [6.45, 7) is 1.38. The molecule has 0 aliphatic rings. The minimum absolute atomic E-state index is 0.0667. The fourth-order valence-electron chi connectivity index (χ4n) is 2.29. The standard InChI is InChI=1S/C16H14ClF3O/c1-15(21,10-11-6-8-12(17)9-7-11)13-4-2-3-5-14(13)16(18,19)20/h2-9,21H,10H2,1H3. The molecule has 0 fully saturated rings. The van der Waals surface area contributed by atoms with Gasteiger partial charge in [-0.25, -0.2) is 0 Å². The highest BCUT2D eigenvalue weighted by Crippen LogP contribution is 2.37. The third-order valence-electron chi connectivity index (χ3n) is 3.27. The molecule has 0 aliphatic heterocycles. The monoisotopic (exact) mass is 314 g/mol. The molecule has 2 aromatic carbocycles. The molecule has 0 saturated heterocycles. The molecule has 1 nitrogen and oxygen atoms in total. The summed E-state index contributed by atoms with van der Waals surface area (Å²) in [4.78, 5) is 0. The number of hydrogen-bond acceptors (Lipinski definition) is 1. The van der Waals surface area contributed by atoms with Gasteiger partial charge in [0, 0.05) is 11.4 Å². The van der Waals surface area contributed by atoms with Crippen molar-refractivity contribution < 1.29 is 18.3 Å². The van der Waals surface area contributed by atoms with Crippen LogP contribution < -0.4 is 0 Å². The van der Waals surface area contributed by atoms with Gasteiger partial charge in [-0.15, -0.1) is 0 Å². The Morgan fingerprint density at radius 2 is 1.48 bits per heavy atom. The van der Waals surface area contributed by atoms with Crippen LogP contribution in [0.3, 0.4) is 0 Å². The van der Waals surface area contributed by atoms with Crippen molar-refractivity contribution in [1.29, 1.82) is 0 Å². The zero-order valence-electron chi connectivity index (χ0n) is 11.3. The van der Waals surface area contributed by atoms with Crippen LogP contribution >= 0.6 is 11.6 Å². The van der Waals surface area contributed by atoms with Crippen molar-refractivity contribution in [2.45, 2.75) is 25.1 Å². The summed E-state index contributed by atoms with van der Waals surface area (Å²) in [5.41, 5.74) is -1.86. The second kappa shape index (κ2) is 5.70. The summed E-state index contributed by atoms with van der Waals surface area (Å²) in [5, 5.41) is 11.1. The van der Waals surface area contributed by atoms with E-state index >= 15 is 0 Å². The van der Waals surface area contributed by atoms with Gasteiger partial charge in [0.1, 0.15) is 0 Å². The first-order chi connectivity index (χ1) is 9.70. The average molecular weight is 315 g/mol. The van der Waals surface area contributed by atoms with E-state index in [9.17, 15) is 18.3 Å². The van der Waals surface area contributed by atoms with E-state index in [4.69, 9.17) is 11.6 Å². The van der Waals surface area contributed by atoms with Crippen molar-refractivity contribution in [2.75, 3.05) is 0 Å². The van der Waals surface area contributed by atoms with Crippen molar-refractivity contribution in [2.24, 2.45) is 0 Å². The summed E-state index contributed by atoms with van der Waals surface area (Å²) in [6, 6.07) is 11.7. The molecule has 2 aromatic rings. The predicted octanol–water partition coefficient (Wildman–Crippen LogP) is 4.81. The lowest BCUT2D eigenvalue weighted by Gasteiger charge is -2.27. The maximum atomic E-state index is 13.0. The fraction of sp³-hybridized carbons (Fsp3) is 0.250. The molecule has 1 unspecified atom stereocenters. The van der Waals surface area contributed by atoms with Gasteiger partial charge in [0.2, 0.25) is 0 Å². The first-order valence-corrected chi connectivity index (χ1v) is 6.71. The third kappa shape index (κ3) is 3.77. The Balaban J connectivity index is 2.38. The molecule has 0 heterocycles. The highest BCUT2D eigenvalue weighted by molar-refractivity contribution is 6.30. The number of benzene rings is 2. The van der Waals surface area contributed by atoms with Crippen LogP contribution in [0.15, 0.2) is 48.5 Å². The van der Waals surface area contributed by atoms with Gasteiger partial charge in [0.05, 0.1) is 11.2 Å². The molecule has 0 amide bonds. The number of halogens is 4. The van der Waals surface area contributed by atoms with Gasteiger partial charge in [-0.2, -0.15) is 13.2 Å². The Morgan fingerprint density at radius 3 is 2.00 bits per heavy atom. The molecule has 2 rings (SSSR count). The molecular formula is C16H14ClF3O. The minimum atomic E-state index is -4.50. The van der Waals surface area contributed by atoms with Gasteiger partial charge in [0.15, 0.2) is 0 Å². The molecule has 0 spiro atoms. The van der Waals surface area contributed by atoms with Gasteiger partial charge in [-0.3, -0.25) is 0 Å². The van der Waals surface area contributed by atoms with Crippen LogP contribution in [-0.2, 0) is 18.2 Å². The quantitative estimate of drug-likeness (QED) is 0.862. The van der Waals surface area contributed by atoms with E-state index in [-0.39, 0.29) is 12.0 Å². The van der Waals surface area contributed by atoms with Crippen LogP contribution in [0.2, 0.25) is 5.02 Å². The van der Waals surface area contributed by atoms with E-state index in [2.05, 4.69) is 0 Å². The van der Waals surface area contributed by atoms with Crippen molar-refractivity contribution in [1.82, 2.24) is 0 Å². The minimum Gasteiger partial charge on any atom is -0.385 e. The van der Waals surface area contributed by atoms with Crippen molar-refractivity contribution in [3.63, 3.8) is 0 Å². The second-order valence-electron chi connectivity index (χ2n) is 5.12. The van der Waals surface area contributed by atoms with E-state index in [1.807, 2.05) is 0 Å². The molecule has 0 aromatic heterocycles. The summed E-state index contributed by atoms with van der Waals surface area (Å²) < 4.78 is 39.1. The van der Waals surface area contributed by atoms with Crippen LogP contribution in [-0.4, -0.2) is 5.11 Å².